The third kappa shape index (κ3) is 6.02. The molecule has 0 saturated heterocycles. The van der Waals surface area contributed by atoms with Gasteiger partial charge in [0.1, 0.15) is 5.02 Å². The first-order valence-corrected chi connectivity index (χ1v) is 10.8. The zero-order valence-electron chi connectivity index (χ0n) is 17.6. The summed E-state index contributed by atoms with van der Waals surface area (Å²) in [5, 5.41) is 27.7. The Labute approximate surface area is 216 Å². The van der Waals surface area contributed by atoms with Gasteiger partial charge in [-0.2, -0.15) is 19.9 Å². The van der Waals surface area contributed by atoms with Gasteiger partial charge in [0.25, 0.3) is 11.4 Å². The number of non-ortho nitro benzene ring substituents is 2. The second kappa shape index (κ2) is 10.5. The topological polar surface area (TPSA) is 171 Å². The highest BCUT2D eigenvalue weighted by Gasteiger charge is 2.15. The van der Waals surface area contributed by atoms with Crippen LogP contribution in [0.5, 0.6) is 11.9 Å². The normalized spacial score (nSPS) is 10.5. The third-order valence-corrected chi connectivity index (χ3v) is 5.27. The molecule has 0 aliphatic heterocycles. The highest BCUT2D eigenvalue weighted by atomic mass is 35.5. The number of nitro benzene ring substituents is 2. The number of pyridine rings is 1. The molecule has 0 unspecified atom stereocenters. The van der Waals surface area contributed by atoms with Gasteiger partial charge in [-0.15, -0.1) is 0 Å². The van der Waals surface area contributed by atoms with Crippen molar-refractivity contribution < 1.29 is 14.6 Å². The van der Waals surface area contributed by atoms with Crippen molar-refractivity contribution in [3.05, 3.63) is 90.0 Å². The molecule has 0 fully saturated rings. The minimum absolute atomic E-state index is 0.00514. The molecule has 0 radical (unpaired) electrons. The Morgan fingerprint density at radius 1 is 0.694 bits per heavy atom. The number of aromatic nitrogens is 4. The maximum Gasteiger partial charge on any atom is 0.330 e. The zero-order valence-corrected chi connectivity index (χ0v) is 19.8. The van der Waals surface area contributed by atoms with Crippen molar-refractivity contribution in [1.82, 2.24) is 19.9 Å². The van der Waals surface area contributed by atoms with Crippen LogP contribution < -0.4 is 15.4 Å². The van der Waals surface area contributed by atoms with Gasteiger partial charge in [0.15, 0.2) is 5.15 Å². The fraction of sp³-hybridized carbons (Fsp3) is 0. The number of rotatable bonds is 8. The highest BCUT2D eigenvalue weighted by Crippen LogP contribution is 2.33. The van der Waals surface area contributed by atoms with E-state index in [1.54, 1.807) is 0 Å². The summed E-state index contributed by atoms with van der Waals surface area (Å²) in [4.78, 5) is 37.2. The summed E-state index contributed by atoms with van der Waals surface area (Å²) in [6.07, 6.45) is 0. The maximum atomic E-state index is 10.9. The second-order valence-electron chi connectivity index (χ2n) is 6.77. The van der Waals surface area contributed by atoms with Gasteiger partial charge in [0.2, 0.25) is 17.8 Å². The maximum absolute atomic E-state index is 10.9. The Balaban J connectivity index is 1.67. The number of benzene rings is 2. The summed E-state index contributed by atoms with van der Waals surface area (Å²) in [7, 11) is 0. The van der Waals surface area contributed by atoms with Crippen LogP contribution in [0.1, 0.15) is 0 Å². The summed E-state index contributed by atoms with van der Waals surface area (Å²) < 4.78 is 5.60. The Hall–Kier alpha value is -4.33. The van der Waals surface area contributed by atoms with Crippen LogP contribution in [0, 0.1) is 20.2 Å². The van der Waals surface area contributed by atoms with Crippen LogP contribution in [-0.4, -0.2) is 29.8 Å². The van der Waals surface area contributed by atoms with E-state index >= 15 is 0 Å². The number of nitrogens with one attached hydrogen (secondary N) is 2. The number of hydrogen-bond donors (Lipinski definition) is 2. The number of ether oxygens (including phenoxy) is 1. The highest BCUT2D eigenvalue weighted by molar-refractivity contribution is 6.42. The SMILES string of the molecule is O=[N+]([O-])c1ccc(Nc2nc(Nc3ccc([N+](=O)[O-])cc3)nc(Oc3nc(Cl)c(Cl)cc3Cl)n2)cc1. The van der Waals surface area contributed by atoms with Gasteiger partial charge in [-0.05, 0) is 30.3 Å². The lowest BCUT2D eigenvalue weighted by Crippen LogP contribution is -2.06. The van der Waals surface area contributed by atoms with Crippen molar-refractivity contribution >= 4 is 69.4 Å². The summed E-state index contributed by atoms with van der Waals surface area (Å²) >= 11 is 18.0. The molecule has 16 heteroatoms. The first-order valence-electron chi connectivity index (χ1n) is 9.66. The quantitative estimate of drug-likeness (QED) is 0.143. The van der Waals surface area contributed by atoms with Crippen molar-refractivity contribution in [3.8, 4) is 11.9 Å². The molecular formula is C20H11Cl3N8O5. The Morgan fingerprint density at radius 2 is 1.17 bits per heavy atom. The van der Waals surface area contributed by atoms with E-state index < -0.39 is 9.85 Å². The van der Waals surface area contributed by atoms with E-state index in [0.29, 0.717) is 11.4 Å². The predicted molar refractivity (Wildman–Crippen MR) is 132 cm³/mol. The van der Waals surface area contributed by atoms with Gasteiger partial charge in [0, 0.05) is 35.6 Å². The molecule has 0 bridgehead atoms. The van der Waals surface area contributed by atoms with E-state index in [1.807, 2.05) is 0 Å². The van der Waals surface area contributed by atoms with Gasteiger partial charge < -0.3 is 15.4 Å². The van der Waals surface area contributed by atoms with Crippen molar-refractivity contribution in [3.63, 3.8) is 0 Å². The lowest BCUT2D eigenvalue weighted by Gasteiger charge is -2.11. The number of hydrogen-bond acceptors (Lipinski definition) is 11. The summed E-state index contributed by atoms with van der Waals surface area (Å²) in [6, 6.07) is 12.1. The summed E-state index contributed by atoms with van der Waals surface area (Å²) in [6.45, 7) is 0. The molecule has 4 rings (SSSR count). The summed E-state index contributed by atoms with van der Waals surface area (Å²) in [5.74, 6) is -0.135. The summed E-state index contributed by atoms with van der Waals surface area (Å²) in [5.41, 5.74) is 0.677. The van der Waals surface area contributed by atoms with Crippen molar-refractivity contribution in [2.24, 2.45) is 0 Å². The third-order valence-electron chi connectivity index (χ3n) is 4.33. The van der Waals surface area contributed by atoms with E-state index in [-0.39, 0.29) is 50.4 Å². The first kappa shape index (κ1) is 24.8. The number of nitro groups is 2. The number of nitrogens with zero attached hydrogens (tertiary/aromatic N) is 6. The van der Waals surface area contributed by atoms with Crippen LogP contribution in [0.15, 0.2) is 54.6 Å². The standard InChI is InChI=1S/C20H11Cl3N8O5/c21-14-9-15(22)17(26-16(14)23)36-20-28-18(24-10-1-5-12(6-2-10)30(32)33)27-19(29-20)25-11-3-7-13(8-4-11)31(34)35/h1-9H,(H2,24,25,27,28,29). The smallest absolute Gasteiger partial charge is 0.330 e. The Bertz CT molecular complexity index is 1380. The van der Waals surface area contributed by atoms with E-state index in [2.05, 4.69) is 30.6 Å². The van der Waals surface area contributed by atoms with Crippen molar-refractivity contribution in [2.45, 2.75) is 0 Å². The van der Waals surface area contributed by atoms with E-state index in [0.717, 1.165) is 0 Å². The van der Waals surface area contributed by atoms with Gasteiger partial charge >= 0.3 is 6.01 Å². The molecule has 2 N–H and O–H groups in total. The van der Waals surface area contributed by atoms with Crippen LogP contribution in [0.3, 0.4) is 0 Å². The monoisotopic (exact) mass is 548 g/mol. The molecule has 13 nitrogen and oxygen atoms in total. The first-order chi connectivity index (χ1) is 17.2. The van der Waals surface area contributed by atoms with Gasteiger partial charge in [-0.25, -0.2) is 0 Å². The molecule has 2 aromatic heterocycles. The molecule has 36 heavy (non-hydrogen) atoms. The largest absolute Gasteiger partial charge is 0.403 e. The average molecular weight is 550 g/mol. The van der Waals surface area contributed by atoms with Gasteiger partial charge in [0.05, 0.1) is 14.9 Å². The fourth-order valence-electron chi connectivity index (χ4n) is 2.69. The van der Waals surface area contributed by atoms with E-state index in [9.17, 15) is 20.2 Å². The van der Waals surface area contributed by atoms with Gasteiger partial charge in [-0.3, -0.25) is 20.2 Å². The van der Waals surface area contributed by atoms with E-state index in [4.69, 9.17) is 39.5 Å². The molecule has 0 aliphatic rings. The van der Waals surface area contributed by atoms with Crippen LogP contribution in [-0.2, 0) is 0 Å². The van der Waals surface area contributed by atoms with Crippen LogP contribution >= 0.6 is 34.8 Å². The molecule has 0 amide bonds. The Kier molecular flexibility index (Phi) is 7.24. The molecule has 182 valence electrons. The number of anilines is 4. The second-order valence-corrected chi connectivity index (χ2v) is 7.95. The minimum Gasteiger partial charge on any atom is -0.403 e. The van der Waals surface area contributed by atoms with Crippen molar-refractivity contribution in [1.29, 1.82) is 0 Å². The lowest BCUT2D eigenvalue weighted by molar-refractivity contribution is -0.385. The predicted octanol–water partition coefficient (Wildman–Crippen LogP) is 6.32. The molecular weight excluding hydrogens is 539 g/mol. The molecule has 0 spiro atoms. The Morgan fingerprint density at radius 3 is 1.61 bits per heavy atom. The van der Waals surface area contributed by atoms with Crippen molar-refractivity contribution in [2.75, 3.05) is 10.6 Å². The molecule has 0 saturated carbocycles. The van der Waals surface area contributed by atoms with Gasteiger partial charge in [-0.1, -0.05) is 34.8 Å². The zero-order chi connectivity index (χ0) is 25.8. The number of halogens is 3. The lowest BCUT2D eigenvalue weighted by atomic mass is 10.3. The molecule has 2 aromatic carbocycles. The fourth-order valence-corrected chi connectivity index (χ4v) is 3.22. The minimum atomic E-state index is -0.529. The van der Waals surface area contributed by atoms with Crippen LogP contribution in [0.2, 0.25) is 15.2 Å². The molecule has 4 aromatic rings. The van der Waals surface area contributed by atoms with Crippen LogP contribution in [0.4, 0.5) is 34.6 Å². The van der Waals surface area contributed by atoms with E-state index in [1.165, 1.54) is 54.6 Å². The molecule has 0 aliphatic carbocycles. The van der Waals surface area contributed by atoms with Crippen LogP contribution in [0.25, 0.3) is 0 Å². The average Bonchev–Trinajstić information content (AvgIpc) is 2.83. The molecule has 2 heterocycles. The molecule has 0 atom stereocenters.